The molecule has 9 heteroatoms. The quantitative estimate of drug-likeness (QED) is 0.786. The van der Waals surface area contributed by atoms with Crippen LogP contribution < -0.4 is 14.8 Å². The zero-order valence-electron chi connectivity index (χ0n) is 16.8. The monoisotopic (exact) mass is 434 g/mol. The third-order valence-electron chi connectivity index (χ3n) is 5.75. The lowest BCUT2D eigenvalue weighted by Gasteiger charge is -2.41. The van der Waals surface area contributed by atoms with Gasteiger partial charge in [0.05, 0.1) is 30.3 Å². The average molecular weight is 434 g/mol. The van der Waals surface area contributed by atoms with E-state index in [1.807, 2.05) is 0 Å². The highest BCUT2D eigenvalue weighted by molar-refractivity contribution is 5.98. The molecule has 2 aromatic rings. The van der Waals surface area contributed by atoms with E-state index in [-0.39, 0.29) is 31.1 Å². The minimum atomic E-state index is -4.61. The maximum Gasteiger partial charge on any atom is 0.417 e. The Labute approximate surface area is 176 Å². The van der Waals surface area contributed by atoms with Gasteiger partial charge in [0.2, 0.25) is 0 Å². The lowest BCUT2D eigenvalue weighted by atomic mass is 9.90. The van der Waals surface area contributed by atoms with Crippen LogP contribution in [-0.4, -0.2) is 49.1 Å². The minimum Gasteiger partial charge on any atom is -0.497 e. The molecule has 4 rings (SSSR count). The molecule has 2 amide bonds. The number of rotatable bonds is 2. The van der Waals surface area contributed by atoms with E-state index in [4.69, 9.17) is 9.47 Å². The molecule has 1 fully saturated rings. The van der Waals surface area contributed by atoms with Crippen molar-refractivity contribution in [3.63, 3.8) is 0 Å². The number of nitrogens with one attached hydrogen (secondary N) is 1. The number of carbonyl (C=O) groups excluding carboxylic acids is 2. The summed E-state index contributed by atoms with van der Waals surface area (Å²) >= 11 is 0. The lowest BCUT2D eigenvalue weighted by molar-refractivity contribution is -0.138. The summed E-state index contributed by atoms with van der Waals surface area (Å²) in [6, 6.07) is 9.74. The smallest absolute Gasteiger partial charge is 0.417 e. The highest BCUT2D eigenvalue weighted by atomic mass is 19.4. The summed E-state index contributed by atoms with van der Waals surface area (Å²) in [4.78, 5) is 26.7. The number of ether oxygens (including phenoxy) is 2. The molecule has 164 valence electrons. The molecule has 1 N–H and O–H groups in total. The molecule has 2 heterocycles. The highest BCUT2D eigenvalue weighted by Crippen LogP contribution is 2.36. The first-order valence-corrected chi connectivity index (χ1v) is 9.83. The Morgan fingerprint density at radius 2 is 1.87 bits per heavy atom. The molecule has 1 spiro atoms. The number of amides is 2. The number of hydrogen-bond acceptors (Lipinski definition) is 4. The second-order valence-corrected chi connectivity index (χ2v) is 7.67. The Morgan fingerprint density at radius 1 is 1.16 bits per heavy atom. The molecule has 31 heavy (non-hydrogen) atoms. The first-order chi connectivity index (χ1) is 14.7. The van der Waals surface area contributed by atoms with Crippen LogP contribution in [-0.2, 0) is 6.18 Å². The largest absolute Gasteiger partial charge is 0.497 e. The zero-order chi connectivity index (χ0) is 22.2. The molecule has 0 atom stereocenters. The second kappa shape index (κ2) is 7.79. The number of likely N-dealkylation sites (tertiary alicyclic amines) is 1. The first kappa shape index (κ1) is 21.0. The van der Waals surface area contributed by atoms with E-state index in [0.29, 0.717) is 29.9 Å². The molecule has 0 bridgehead atoms. The van der Waals surface area contributed by atoms with Crippen molar-refractivity contribution in [2.24, 2.45) is 0 Å². The van der Waals surface area contributed by atoms with E-state index in [9.17, 15) is 22.8 Å². The van der Waals surface area contributed by atoms with E-state index < -0.39 is 23.2 Å². The van der Waals surface area contributed by atoms with Gasteiger partial charge in [-0.05, 0) is 30.3 Å². The fourth-order valence-electron chi connectivity index (χ4n) is 3.99. The van der Waals surface area contributed by atoms with Crippen LogP contribution in [0.25, 0.3) is 0 Å². The van der Waals surface area contributed by atoms with Crippen LogP contribution in [0.3, 0.4) is 0 Å². The van der Waals surface area contributed by atoms with Gasteiger partial charge in [0.15, 0.2) is 0 Å². The van der Waals surface area contributed by atoms with Gasteiger partial charge < -0.3 is 19.7 Å². The summed E-state index contributed by atoms with van der Waals surface area (Å²) in [7, 11) is 1.50. The van der Waals surface area contributed by atoms with Crippen LogP contribution in [0.2, 0.25) is 0 Å². The van der Waals surface area contributed by atoms with Gasteiger partial charge >= 0.3 is 6.18 Å². The Bertz CT molecular complexity index is 1010. The molecule has 1 saturated heterocycles. The Hall–Kier alpha value is -3.23. The van der Waals surface area contributed by atoms with Gasteiger partial charge in [0, 0.05) is 25.9 Å². The molecule has 0 radical (unpaired) electrons. The van der Waals surface area contributed by atoms with Crippen LogP contribution in [0.1, 0.15) is 39.1 Å². The number of alkyl halides is 3. The predicted octanol–water partition coefficient (Wildman–Crippen LogP) is 3.51. The maximum atomic E-state index is 13.3. The molecule has 0 unspecified atom stereocenters. The van der Waals surface area contributed by atoms with Crippen molar-refractivity contribution < 1.29 is 32.2 Å². The van der Waals surface area contributed by atoms with Crippen molar-refractivity contribution in [1.29, 1.82) is 0 Å². The molecule has 2 aliphatic rings. The van der Waals surface area contributed by atoms with Gasteiger partial charge in [0.25, 0.3) is 11.8 Å². The topological polar surface area (TPSA) is 67.9 Å². The highest BCUT2D eigenvalue weighted by Gasteiger charge is 2.42. The van der Waals surface area contributed by atoms with Gasteiger partial charge in [-0.15, -0.1) is 0 Å². The van der Waals surface area contributed by atoms with E-state index in [1.54, 1.807) is 18.2 Å². The third kappa shape index (κ3) is 4.04. The number of hydrogen-bond donors (Lipinski definition) is 1. The van der Waals surface area contributed by atoms with Crippen LogP contribution >= 0.6 is 0 Å². The number of halogens is 3. The molecule has 2 aliphatic heterocycles. The van der Waals surface area contributed by atoms with Gasteiger partial charge in [-0.3, -0.25) is 9.59 Å². The van der Waals surface area contributed by atoms with Gasteiger partial charge in [0.1, 0.15) is 17.1 Å². The van der Waals surface area contributed by atoms with Crippen LogP contribution in [0.15, 0.2) is 42.5 Å². The van der Waals surface area contributed by atoms with Crippen molar-refractivity contribution in [3.05, 3.63) is 59.2 Å². The van der Waals surface area contributed by atoms with Gasteiger partial charge in [-0.1, -0.05) is 12.1 Å². The summed E-state index contributed by atoms with van der Waals surface area (Å²) in [6.07, 6.45) is -3.86. The molecular formula is C22H21F3N2O4. The summed E-state index contributed by atoms with van der Waals surface area (Å²) < 4.78 is 51.3. The van der Waals surface area contributed by atoms with Gasteiger partial charge in [-0.2, -0.15) is 13.2 Å². The molecule has 0 saturated carbocycles. The van der Waals surface area contributed by atoms with Crippen molar-refractivity contribution in [3.8, 4) is 11.5 Å². The Balaban J connectivity index is 1.52. The van der Waals surface area contributed by atoms with E-state index >= 15 is 0 Å². The predicted molar refractivity (Wildman–Crippen MR) is 105 cm³/mol. The molecule has 0 aromatic heterocycles. The van der Waals surface area contributed by atoms with Gasteiger partial charge in [-0.25, -0.2) is 0 Å². The molecule has 0 aliphatic carbocycles. The number of piperidine rings is 1. The number of benzene rings is 2. The number of nitrogens with zero attached hydrogens (tertiary/aromatic N) is 1. The van der Waals surface area contributed by atoms with E-state index in [1.165, 1.54) is 30.2 Å². The van der Waals surface area contributed by atoms with Crippen LogP contribution in [0.4, 0.5) is 13.2 Å². The van der Waals surface area contributed by atoms with Crippen molar-refractivity contribution in [2.75, 3.05) is 26.7 Å². The summed E-state index contributed by atoms with van der Waals surface area (Å²) in [5.41, 5.74) is -1.69. The average Bonchev–Trinajstić information content (AvgIpc) is 2.89. The van der Waals surface area contributed by atoms with E-state index in [2.05, 4.69) is 5.32 Å². The summed E-state index contributed by atoms with van der Waals surface area (Å²) in [5, 5.41) is 2.85. The Kier molecular flexibility index (Phi) is 5.28. The standard InChI is InChI=1S/C22H21F3N2O4/c1-30-14-6-7-18-16(12-14)19(28)26-13-21(31-18)8-10-27(11-9-21)20(29)15-4-2-3-5-17(15)22(23,24)25/h2-7,12H,8-11,13H2,1H3,(H,26,28). The summed E-state index contributed by atoms with van der Waals surface area (Å²) in [5.74, 6) is -0.0101. The third-order valence-corrected chi connectivity index (χ3v) is 5.75. The van der Waals surface area contributed by atoms with Crippen LogP contribution in [0.5, 0.6) is 11.5 Å². The first-order valence-electron chi connectivity index (χ1n) is 9.83. The molecule has 6 nitrogen and oxygen atoms in total. The zero-order valence-corrected chi connectivity index (χ0v) is 16.8. The second-order valence-electron chi connectivity index (χ2n) is 7.67. The molecule has 2 aromatic carbocycles. The van der Waals surface area contributed by atoms with Crippen molar-refractivity contribution >= 4 is 11.8 Å². The number of carbonyl (C=O) groups is 2. The minimum absolute atomic E-state index is 0.215. The fourth-order valence-corrected chi connectivity index (χ4v) is 3.99. The SMILES string of the molecule is COc1ccc2c(c1)C(=O)NCC1(CCN(C(=O)c3ccccc3C(F)(F)F)CC1)O2. The maximum absolute atomic E-state index is 13.3. The van der Waals surface area contributed by atoms with E-state index in [0.717, 1.165) is 6.07 Å². The lowest BCUT2D eigenvalue weighted by Crippen LogP contribution is -2.54. The number of methoxy groups -OCH3 is 1. The summed E-state index contributed by atoms with van der Waals surface area (Å²) in [6.45, 7) is 0.669. The molecular weight excluding hydrogens is 413 g/mol. The van der Waals surface area contributed by atoms with Crippen molar-refractivity contribution in [1.82, 2.24) is 10.2 Å². The Morgan fingerprint density at radius 3 is 2.55 bits per heavy atom. The normalized spacial score (nSPS) is 17.9. The number of fused-ring (bicyclic) bond motifs is 1. The fraction of sp³-hybridized carbons (Fsp3) is 0.364. The van der Waals surface area contributed by atoms with Crippen LogP contribution in [0, 0.1) is 0 Å². The van der Waals surface area contributed by atoms with Crippen molar-refractivity contribution in [2.45, 2.75) is 24.6 Å².